The van der Waals surface area contributed by atoms with Crippen LogP contribution in [-0.2, 0) is 11.2 Å². The van der Waals surface area contributed by atoms with E-state index in [0.29, 0.717) is 0 Å². The molecular weight excluding hydrogens is 374 g/mol. The molecule has 0 spiro atoms. The van der Waals surface area contributed by atoms with Gasteiger partial charge in [0.25, 0.3) is 0 Å². The van der Waals surface area contributed by atoms with Gasteiger partial charge in [-0.25, -0.2) is 4.79 Å². The number of nitrogens with zero attached hydrogens (tertiary/aromatic N) is 3. The molecule has 1 fully saturated rings. The summed E-state index contributed by atoms with van der Waals surface area (Å²) in [6, 6.07) is 4.24. The Morgan fingerprint density at radius 2 is 1.93 bits per heavy atom. The average molecular weight is 410 g/mol. The minimum Gasteiger partial charge on any atom is -0.444 e. The number of hydrogen-bond acceptors (Lipinski definition) is 5. The average Bonchev–Trinajstić information content (AvgIpc) is 3.16. The summed E-state index contributed by atoms with van der Waals surface area (Å²) < 4.78 is 5.44. The van der Waals surface area contributed by atoms with E-state index in [0.717, 1.165) is 64.6 Å². The first-order chi connectivity index (χ1) is 13.4. The van der Waals surface area contributed by atoms with Crippen molar-refractivity contribution in [3.05, 3.63) is 22.4 Å². The fraction of sp³-hybridized carbons (Fsp3) is 0.700. The van der Waals surface area contributed by atoms with Gasteiger partial charge in [-0.3, -0.25) is 9.89 Å². The van der Waals surface area contributed by atoms with Crippen LogP contribution < -0.4 is 10.6 Å². The number of carbonyl (C=O) groups is 1. The number of piperazine rings is 1. The van der Waals surface area contributed by atoms with Gasteiger partial charge in [-0.15, -0.1) is 11.3 Å². The zero-order valence-electron chi connectivity index (χ0n) is 17.7. The van der Waals surface area contributed by atoms with Gasteiger partial charge in [0.15, 0.2) is 5.96 Å². The van der Waals surface area contributed by atoms with Crippen LogP contribution >= 0.6 is 11.3 Å². The molecule has 8 heteroatoms. The minimum absolute atomic E-state index is 0.203. The quantitative estimate of drug-likeness (QED) is 0.411. The highest BCUT2D eigenvalue weighted by Gasteiger charge is 2.25. The Balaban J connectivity index is 1.55. The Bertz CT molecular complexity index is 605. The summed E-state index contributed by atoms with van der Waals surface area (Å²) in [4.78, 5) is 22.0. The van der Waals surface area contributed by atoms with Gasteiger partial charge in [0, 0.05) is 51.2 Å². The number of thiophene rings is 1. The first-order valence-corrected chi connectivity index (χ1v) is 10.9. The van der Waals surface area contributed by atoms with E-state index in [-0.39, 0.29) is 6.09 Å². The highest BCUT2D eigenvalue weighted by molar-refractivity contribution is 7.09. The predicted molar refractivity (Wildman–Crippen MR) is 116 cm³/mol. The third kappa shape index (κ3) is 8.48. The summed E-state index contributed by atoms with van der Waals surface area (Å²) in [5.74, 6) is 0.853. The summed E-state index contributed by atoms with van der Waals surface area (Å²) in [6.07, 6.45) is 1.85. The highest BCUT2D eigenvalue weighted by Crippen LogP contribution is 2.12. The van der Waals surface area contributed by atoms with E-state index in [1.165, 1.54) is 4.88 Å². The maximum Gasteiger partial charge on any atom is 0.410 e. The van der Waals surface area contributed by atoms with Crippen molar-refractivity contribution in [2.45, 2.75) is 39.2 Å². The molecule has 0 atom stereocenters. The standard InChI is InChI=1S/C20H35N5O2S/c1-20(2,3)27-19(26)25-14-12-24(13-15-25)11-6-9-22-18(21-4)23-10-8-17-7-5-16-28-17/h5,7,16H,6,8-15H2,1-4H3,(H2,21,22,23). The largest absolute Gasteiger partial charge is 0.444 e. The fourth-order valence-corrected chi connectivity index (χ4v) is 3.68. The first kappa shape index (κ1) is 22.5. The van der Waals surface area contributed by atoms with Gasteiger partial charge in [-0.2, -0.15) is 0 Å². The van der Waals surface area contributed by atoms with Crippen LogP contribution in [0.4, 0.5) is 4.79 Å². The zero-order chi connectivity index (χ0) is 20.4. The Morgan fingerprint density at radius 3 is 2.54 bits per heavy atom. The summed E-state index contributed by atoms with van der Waals surface area (Å²) in [5, 5.41) is 8.84. The molecule has 1 aromatic rings. The third-order valence-corrected chi connectivity index (χ3v) is 5.37. The van der Waals surface area contributed by atoms with E-state index in [1.54, 1.807) is 23.3 Å². The van der Waals surface area contributed by atoms with E-state index in [1.807, 2.05) is 20.8 Å². The molecule has 0 saturated carbocycles. The van der Waals surface area contributed by atoms with Gasteiger partial charge in [-0.05, 0) is 51.6 Å². The number of amides is 1. The summed E-state index contributed by atoms with van der Waals surface area (Å²) >= 11 is 1.79. The van der Waals surface area contributed by atoms with Crippen molar-refractivity contribution in [3.8, 4) is 0 Å². The molecular formula is C20H35N5O2S. The molecule has 2 N–H and O–H groups in total. The molecule has 0 unspecified atom stereocenters. The molecule has 1 aliphatic rings. The molecule has 1 amide bonds. The monoisotopic (exact) mass is 409 g/mol. The Hall–Kier alpha value is -1.80. The maximum absolute atomic E-state index is 12.1. The van der Waals surface area contributed by atoms with Gasteiger partial charge in [0.2, 0.25) is 0 Å². The molecule has 158 valence electrons. The Morgan fingerprint density at radius 1 is 1.21 bits per heavy atom. The molecule has 1 saturated heterocycles. The lowest BCUT2D eigenvalue weighted by Crippen LogP contribution is -2.50. The molecule has 7 nitrogen and oxygen atoms in total. The van der Waals surface area contributed by atoms with E-state index < -0.39 is 5.60 Å². The number of nitrogens with one attached hydrogen (secondary N) is 2. The van der Waals surface area contributed by atoms with Crippen LogP contribution in [0.1, 0.15) is 32.1 Å². The Labute approximate surface area is 173 Å². The van der Waals surface area contributed by atoms with E-state index >= 15 is 0 Å². The zero-order valence-corrected chi connectivity index (χ0v) is 18.5. The normalized spacial score (nSPS) is 16.1. The molecule has 28 heavy (non-hydrogen) atoms. The predicted octanol–water partition coefficient (Wildman–Crippen LogP) is 2.40. The lowest BCUT2D eigenvalue weighted by atomic mass is 10.2. The second kappa shape index (κ2) is 11.3. The number of carbonyl (C=O) groups excluding carboxylic acids is 1. The molecule has 2 rings (SSSR count). The van der Waals surface area contributed by atoms with Gasteiger partial charge in [-0.1, -0.05) is 6.07 Å². The topological polar surface area (TPSA) is 69.2 Å². The van der Waals surface area contributed by atoms with Crippen molar-refractivity contribution in [1.29, 1.82) is 0 Å². The molecule has 0 radical (unpaired) electrons. The van der Waals surface area contributed by atoms with E-state index in [4.69, 9.17) is 4.74 Å². The molecule has 1 aromatic heterocycles. The molecule has 1 aliphatic heterocycles. The number of guanidine groups is 1. The lowest BCUT2D eigenvalue weighted by Gasteiger charge is -2.35. The van der Waals surface area contributed by atoms with Gasteiger partial charge >= 0.3 is 6.09 Å². The van der Waals surface area contributed by atoms with Crippen LogP contribution in [0.15, 0.2) is 22.5 Å². The SMILES string of the molecule is CN=C(NCCCN1CCN(C(=O)OC(C)(C)C)CC1)NCCc1cccs1. The number of rotatable bonds is 7. The number of aliphatic imine (C=N–C) groups is 1. The van der Waals surface area contributed by atoms with Crippen LogP contribution in [0.5, 0.6) is 0 Å². The van der Waals surface area contributed by atoms with Crippen molar-refractivity contribution < 1.29 is 9.53 Å². The smallest absolute Gasteiger partial charge is 0.410 e. The highest BCUT2D eigenvalue weighted by atomic mass is 32.1. The Kier molecular flexibility index (Phi) is 9.05. The van der Waals surface area contributed by atoms with Crippen molar-refractivity contribution in [3.63, 3.8) is 0 Å². The van der Waals surface area contributed by atoms with Gasteiger partial charge in [0.05, 0.1) is 0 Å². The number of hydrogen-bond donors (Lipinski definition) is 2. The van der Waals surface area contributed by atoms with E-state index in [9.17, 15) is 4.79 Å². The van der Waals surface area contributed by atoms with E-state index in [2.05, 4.69) is 38.0 Å². The van der Waals surface area contributed by atoms with Gasteiger partial charge < -0.3 is 20.3 Å². The first-order valence-electron chi connectivity index (χ1n) is 10.0. The molecule has 2 heterocycles. The molecule has 0 aromatic carbocycles. The van der Waals surface area contributed by atoms with Crippen molar-refractivity contribution >= 4 is 23.4 Å². The van der Waals surface area contributed by atoms with Crippen molar-refractivity contribution in [2.24, 2.45) is 4.99 Å². The van der Waals surface area contributed by atoms with Crippen LogP contribution in [-0.4, -0.2) is 80.3 Å². The minimum atomic E-state index is -0.434. The van der Waals surface area contributed by atoms with Crippen LogP contribution in [0.2, 0.25) is 0 Å². The fourth-order valence-electron chi connectivity index (χ4n) is 2.97. The van der Waals surface area contributed by atoms with Crippen LogP contribution in [0.3, 0.4) is 0 Å². The third-order valence-electron chi connectivity index (χ3n) is 4.44. The van der Waals surface area contributed by atoms with Crippen molar-refractivity contribution in [1.82, 2.24) is 20.4 Å². The number of ether oxygens (including phenoxy) is 1. The second-order valence-electron chi connectivity index (χ2n) is 7.92. The van der Waals surface area contributed by atoms with Crippen molar-refractivity contribution in [2.75, 3.05) is 52.9 Å². The summed E-state index contributed by atoms with van der Waals surface area (Å²) in [6.45, 7) is 11.7. The van der Waals surface area contributed by atoms with Gasteiger partial charge in [0.1, 0.15) is 5.60 Å². The second-order valence-corrected chi connectivity index (χ2v) is 8.95. The summed E-state index contributed by atoms with van der Waals surface area (Å²) in [5.41, 5.74) is -0.434. The molecule has 0 bridgehead atoms. The molecule has 0 aliphatic carbocycles. The van der Waals surface area contributed by atoms with Crippen LogP contribution in [0, 0.1) is 0 Å². The lowest BCUT2D eigenvalue weighted by molar-refractivity contribution is 0.0145. The summed E-state index contributed by atoms with van der Waals surface area (Å²) in [7, 11) is 1.80. The maximum atomic E-state index is 12.1. The van der Waals surface area contributed by atoms with Crippen LogP contribution in [0.25, 0.3) is 0 Å².